The number of carbonyl (C=O) groups is 2. The number of amides is 1. The number of pyridine rings is 1. The van der Waals surface area contributed by atoms with Crippen molar-refractivity contribution in [2.24, 2.45) is 0 Å². The quantitative estimate of drug-likeness (QED) is 0.832. The minimum atomic E-state index is -1.15. The van der Waals surface area contributed by atoms with Crippen LogP contribution in [0.4, 0.5) is 9.18 Å². The number of fused-ring (bicyclic) bond motifs is 1. The summed E-state index contributed by atoms with van der Waals surface area (Å²) in [5.41, 5.74) is -0.757. The van der Waals surface area contributed by atoms with Gasteiger partial charge in [-0.25, -0.2) is 19.0 Å². The fourth-order valence-electron chi connectivity index (χ4n) is 3.19. The molecule has 1 aromatic carbocycles. The number of ether oxygens (including phenoxy) is 3. The number of likely N-dealkylation sites (tertiary alicyclic amines) is 1. The van der Waals surface area contributed by atoms with Crippen LogP contribution in [0.25, 0.3) is 10.8 Å². The molecule has 3 rings (SSSR count). The molecule has 1 N–H and O–H groups in total. The number of methoxy groups -OCH3 is 1. The Morgan fingerprint density at radius 1 is 1.31 bits per heavy atom. The average Bonchev–Trinajstić information content (AvgIpc) is 3.05. The van der Waals surface area contributed by atoms with E-state index in [1.807, 2.05) is 0 Å². The van der Waals surface area contributed by atoms with Crippen molar-refractivity contribution in [3.8, 4) is 11.6 Å². The van der Waals surface area contributed by atoms with Crippen LogP contribution >= 0.6 is 0 Å². The van der Waals surface area contributed by atoms with Gasteiger partial charge in [-0.3, -0.25) is 4.90 Å². The molecule has 9 heteroatoms. The van der Waals surface area contributed by atoms with E-state index in [9.17, 15) is 19.1 Å². The zero-order valence-corrected chi connectivity index (χ0v) is 16.6. The molecule has 2 heterocycles. The molecule has 2 aromatic rings. The molecule has 0 saturated carbocycles. The van der Waals surface area contributed by atoms with E-state index in [4.69, 9.17) is 14.2 Å². The third kappa shape index (κ3) is 4.49. The Morgan fingerprint density at radius 2 is 2.03 bits per heavy atom. The van der Waals surface area contributed by atoms with Gasteiger partial charge in [0.2, 0.25) is 5.88 Å². The molecule has 1 amide bonds. The largest absolute Gasteiger partial charge is 0.494 e. The van der Waals surface area contributed by atoms with Gasteiger partial charge in [0.15, 0.2) is 11.6 Å². The summed E-state index contributed by atoms with van der Waals surface area (Å²) in [4.78, 5) is 29.3. The molecule has 29 heavy (non-hydrogen) atoms. The molecule has 0 aliphatic carbocycles. The first kappa shape index (κ1) is 20.6. The molecule has 1 saturated heterocycles. The zero-order chi connectivity index (χ0) is 21.3. The first-order valence-electron chi connectivity index (χ1n) is 9.10. The first-order chi connectivity index (χ1) is 13.6. The van der Waals surface area contributed by atoms with Gasteiger partial charge < -0.3 is 19.3 Å². The van der Waals surface area contributed by atoms with E-state index < -0.39 is 35.6 Å². The number of aliphatic carboxylic acids is 1. The van der Waals surface area contributed by atoms with Gasteiger partial charge in [0, 0.05) is 18.0 Å². The molecule has 156 valence electrons. The van der Waals surface area contributed by atoms with Crippen molar-refractivity contribution in [1.29, 1.82) is 0 Å². The van der Waals surface area contributed by atoms with Gasteiger partial charge in [-0.1, -0.05) is 0 Å². The lowest BCUT2D eigenvalue weighted by Crippen LogP contribution is -2.43. The second-order valence-corrected chi connectivity index (χ2v) is 7.79. The van der Waals surface area contributed by atoms with Crippen molar-refractivity contribution in [3.63, 3.8) is 0 Å². The molecular weight excluding hydrogens is 383 g/mol. The summed E-state index contributed by atoms with van der Waals surface area (Å²) in [6.45, 7) is 5.12. The number of carboxylic acid groups (broad SMARTS) is 1. The molecule has 0 spiro atoms. The van der Waals surface area contributed by atoms with Crippen molar-refractivity contribution in [2.45, 2.75) is 44.9 Å². The first-order valence-corrected chi connectivity index (χ1v) is 9.10. The van der Waals surface area contributed by atoms with Crippen LogP contribution in [0, 0.1) is 5.82 Å². The van der Waals surface area contributed by atoms with Crippen LogP contribution < -0.4 is 9.47 Å². The van der Waals surface area contributed by atoms with Crippen LogP contribution in [-0.2, 0) is 9.53 Å². The molecule has 1 aromatic heterocycles. The van der Waals surface area contributed by atoms with Gasteiger partial charge in [-0.05, 0) is 44.4 Å². The molecule has 0 radical (unpaired) electrons. The molecule has 2 atom stereocenters. The van der Waals surface area contributed by atoms with Crippen LogP contribution in [-0.4, -0.2) is 58.5 Å². The lowest BCUT2D eigenvalue weighted by Gasteiger charge is -2.26. The third-order valence-corrected chi connectivity index (χ3v) is 4.45. The van der Waals surface area contributed by atoms with Crippen molar-refractivity contribution >= 4 is 22.8 Å². The maximum atomic E-state index is 14.2. The predicted molar refractivity (Wildman–Crippen MR) is 102 cm³/mol. The van der Waals surface area contributed by atoms with Gasteiger partial charge in [-0.2, -0.15) is 0 Å². The second-order valence-electron chi connectivity index (χ2n) is 7.79. The molecular formula is C20H23FN2O6. The maximum absolute atomic E-state index is 14.2. The van der Waals surface area contributed by atoms with Gasteiger partial charge in [0.05, 0.1) is 13.7 Å². The average molecular weight is 406 g/mol. The Morgan fingerprint density at radius 3 is 2.66 bits per heavy atom. The highest BCUT2D eigenvalue weighted by Crippen LogP contribution is 2.32. The molecule has 1 fully saturated rings. The predicted octanol–water partition coefficient (Wildman–Crippen LogP) is 3.22. The highest BCUT2D eigenvalue weighted by Gasteiger charge is 2.43. The number of carbonyl (C=O) groups excluding carboxylic acids is 1. The number of aromatic nitrogens is 1. The van der Waals surface area contributed by atoms with E-state index in [2.05, 4.69) is 4.98 Å². The van der Waals surface area contributed by atoms with Gasteiger partial charge in [0.1, 0.15) is 17.7 Å². The van der Waals surface area contributed by atoms with E-state index in [1.165, 1.54) is 25.4 Å². The van der Waals surface area contributed by atoms with Crippen molar-refractivity contribution < 1.29 is 33.3 Å². The molecule has 8 nitrogen and oxygen atoms in total. The Hall–Kier alpha value is -3.10. The van der Waals surface area contributed by atoms with E-state index in [0.717, 1.165) is 4.90 Å². The lowest BCUT2D eigenvalue weighted by atomic mass is 10.1. The van der Waals surface area contributed by atoms with E-state index in [-0.39, 0.29) is 24.6 Å². The third-order valence-electron chi connectivity index (χ3n) is 4.45. The van der Waals surface area contributed by atoms with E-state index >= 15 is 0 Å². The Balaban J connectivity index is 1.84. The second kappa shape index (κ2) is 7.73. The standard InChI is InChI=1S/C20H23FN2O6/c1-20(2,3)29-19(26)23-10-12(8-15(23)18(24)25)28-17-13-9-14(21)16(27-4)7-11(13)5-6-22-17/h5-7,9,12,15H,8,10H2,1-4H3,(H,24,25). The number of benzene rings is 1. The summed E-state index contributed by atoms with van der Waals surface area (Å²) in [5.74, 6) is -1.46. The van der Waals surface area contributed by atoms with Crippen LogP contribution in [0.15, 0.2) is 24.4 Å². The molecule has 2 unspecified atom stereocenters. The minimum absolute atomic E-state index is 0.0165. The Labute approximate surface area is 167 Å². The topological polar surface area (TPSA) is 98.2 Å². The van der Waals surface area contributed by atoms with Crippen LogP contribution in [0.3, 0.4) is 0 Å². The summed E-state index contributed by atoms with van der Waals surface area (Å²) >= 11 is 0. The number of halogens is 1. The Bertz CT molecular complexity index is 942. The smallest absolute Gasteiger partial charge is 0.411 e. The number of carboxylic acids is 1. The normalized spacial score (nSPS) is 19.3. The fourth-order valence-corrected chi connectivity index (χ4v) is 3.19. The maximum Gasteiger partial charge on any atom is 0.411 e. The number of hydrogen-bond donors (Lipinski definition) is 1. The monoisotopic (exact) mass is 406 g/mol. The summed E-state index contributed by atoms with van der Waals surface area (Å²) in [5, 5.41) is 10.6. The van der Waals surface area contributed by atoms with Crippen LogP contribution in [0.2, 0.25) is 0 Å². The fraction of sp³-hybridized carbons (Fsp3) is 0.450. The van der Waals surface area contributed by atoms with Crippen molar-refractivity contribution in [3.05, 3.63) is 30.2 Å². The van der Waals surface area contributed by atoms with Gasteiger partial charge in [0.25, 0.3) is 0 Å². The summed E-state index contributed by atoms with van der Waals surface area (Å²) in [7, 11) is 1.37. The van der Waals surface area contributed by atoms with E-state index in [0.29, 0.717) is 10.8 Å². The van der Waals surface area contributed by atoms with Gasteiger partial charge in [-0.15, -0.1) is 0 Å². The van der Waals surface area contributed by atoms with Crippen LogP contribution in [0.1, 0.15) is 27.2 Å². The van der Waals surface area contributed by atoms with Crippen LogP contribution in [0.5, 0.6) is 11.6 Å². The summed E-state index contributed by atoms with van der Waals surface area (Å²) < 4.78 is 30.3. The number of rotatable bonds is 4. The molecule has 1 aliphatic rings. The highest BCUT2D eigenvalue weighted by molar-refractivity contribution is 5.88. The zero-order valence-electron chi connectivity index (χ0n) is 16.6. The minimum Gasteiger partial charge on any atom is -0.494 e. The Kier molecular flexibility index (Phi) is 5.50. The molecule has 0 bridgehead atoms. The lowest BCUT2D eigenvalue weighted by molar-refractivity contribution is -0.142. The SMILES string of the molecule is COc1cc2ccnc(OC3CC(C(=O)O)N(C(=O)OC(C)(C)C)C3)c2cc1F. The summed E-state index contributed by atoms with van der Waals surface area (Å²) in [6, 6.07) is 3.39. The number of hydrogen-bond acceptors (Lipinski definition) is 6. The molecule has 1 aliphatic heterocycles. The van der Waals surface area contributed by atoms with E-state index in [1.54, 1.807) is 26.8 Å². The van der Waals surface area contributed by atoms with Crippen molar-refractivity contribution in [2.75, 3.05) is 13.7 Å². The highest BCUT2D eigenvalue weighted by atomic mass is 19.1. The summed E-state index contributed by atoms with van der Waals surface area (Å²) in [6.07, 6.45) is 0.208. The van der Waals surface area contributed by atoms with Crippen molar-refractivity contribution in [1.82, 2.24) is 9.88 Å². The number of nitrogens with zero attached hydrogens (tertiary/aromatic N) is 2. The van der Waals surface area contributed by atoms with Gasteiger partial charge >= 0.3 is 12.1 Å².